The van der Waals surface area contributed by atoms with Gasteiger partial charge in [0.15, 0.2) is 0 Å². The van der Waals surface area contributed by atoms with Gasteiger partial charge in [0.05, 0.1) is 0 Å². The SMILES string of the molecule is CC(=O)C1CCCCCC(C)(N)CCCC1. The summed E-state index contributed by atoms with van der Waals surface area (Å²) in [5, 5.41) is 0. The second kappa shape index (κ2) is 6.39. The molecule has 2 heteroatoms. The van der Waals surface area contributed by atoms with Gasteiger partial charge in [-0.15, -0.1) is 0 Å². The molecule has 2 atom stereocenters. The lowest BCUT2D eigenvalue weighted by molar-refractivity contribution is -0.121. The highest BCUT2D eigenvalue weighted by molar-refractivity contribution is 5.78. The van der Waals surface area contributed by atoms with Crippen LogP contribution >= 0.6 is 0 Å². The third-order valence-corrected chi connectivity index (χ3v) is 3.93. The second-order valence-electron chi connectivity index (χ2n) is 5.81. The number of hydrogen-bond acceptors (Lipinski definition) is 2. The van der Waals surface area contributed by atoms with Crippen molar-refractivity contribution in [1.82, 2.24) is 0 Å². The summed E-state index contributed by atoms with van der Waals surface area (Å²) in [6.45, 7) is 3.92. The predicted octanol–water partition coefficient (Wildman–Crippen LogP) is 3.43. The Hall–Kier alpha value is -0.370. The van der Waals surface area contributed by atoms with Gasteiger partial charge in [-0.1, -0.05) is 32.1 Å². The van der Waals surface area contributed by atoms with Crippen molar-refractivity contribution >= 4 is 5.78 Å². The summed E-state index contributed by atoms with van der Waals surface area (Å²) in [5.41, 5.74) is 6.27. The monoisotopic (exact) mass is 225 g/mol. The fourth-order valence-corrected chi connectivity index (χ4v) is 2.69. The van der Waals surface area contributed by atoms with Crippen LogP contribution in [0.1, 0.15) is 71.6 Å². The molecule has 0 aliphatic heterocycles. The molecule has 1 aliphatic rings. The molecule has 0 aromatic heterocycles. The molecule has 1 aliphatic carbocycles. The van der Waals surface area contributed by atoms with E-state index >= 15 is 0 Å². The minimum absolute atomic E-state index is 0.0239. The topological polar surface area (TPSA) is 43.1 Å². The number of rotatable bonds is 1. The molecule has 0 amide bonds. The van der Waals surface area contributed by atoms with Crippen molar-refractivity contribution in [2.24, 2.45) is 11.7 Å². The molecule has 16 heavy (non-hydrogen) atoms. The van der Waals surface area contributed by atoms with Gasteiger partial charge in [-0.25, -0.2) is 0 Å². The Morgan fingerprint density at radius 3 is 2.12 bits per heavy atom. The molecule has 1 fully saturated rings. The summed E-state index contributed by atoms with van der Waals surface area (Å²) in [4.78, 5) is 11.5. The lowest BCUT2D eigenvalue weighted by Crippen LogP contribution is -2.35. The van der Waals surface area contributed by atoms with Gasteiger partial charge in [-0.2, -0.15) is 0 Å². The smallest absolute Gasteiger partial charge is 0.132 e. The molecule has 1 rings (SSSR count). The van der Waals surface area contributed by atoms with Gasteiger partial charge in [-0.05, 0) is 39.5 Å². The normalized spacial score (nSPS) is 34.1. The van der Waals surface area contributed by atoms with Crippen LogP contribution in [0.15, 0.2) is 0 Å². The van der Waals surface area contributed by atoms with Gasteiger partial charge in [0.2, 0.25) is 0 Å². The molecule has 94 valence electrons. The van der Waals surface area contributed by atoms with Gasteiger partial charge in [0, 0.05) is 11.5 Å². The van der Waals surface area contributed by atoms with Crippen LogP contribution in [0.4, 0.5) is 0 Å². The molecule has 2 N–H and O–H groups in total. The third-order valence-electron chi connectivity index (χ3n) is 3.93. The first-order valence-electron chi connectivity index (χ1n) is 6.81. The number of nitrogens with two attached hydrogens (primary N) is 1. The highest BCUT2D eigenvalue weighted by Crippen LogP contribution is 2.25. The van der Waals surface area contributed by atoms with E-state index in [4.69, 9.17) is 5.73 Å². The summed E-state index contributed by atoms with van der Waals surface area (Å²) < 4.78 is 0. The molecule has 0 aromatic carbocycles. The molecule has 0 spiro atoms. The summed E-state index contributed by atoms with van der Waals surface area (Å²) in [6.07, 6.45) is 10.4. The average molecular weight is 225 g/mol. The number of carbonyl (C=O) groups excluding carboxylic acids is 1. The van der Waals surface area contributed by atoms with Gasteiger partial charge in [0.1, 0.15) is 5.78 Å². The zero-order chi connectivity index (χ0) is 12.0. The van der Waals surface area contributed by atoms with Crippen molar-refractivity contribution in [3.05, 3.63) is 0 Å². The lowest BCUT2D eigenvalue weighted by atomic mass is 9.89. The van der Waals surface area contributed by atoms with Gasteiger partial charge in [0.25, 0.3) is 0 Å². The maximum Gasteiger partial charge on any atom is 0.132 e. The maximum absolute atomic E-state index is 11.5. The van der Waals surface area contributed by atoms with Crippen LogP contribution in [0.25, 0.3) is 0 Å². The highest BCUT2D eigenvalue weighted by atomic mass is 16.1. The van der Waals surface area contributed by atoms with E-state index in [1.165, 1.54) is 25.7 Å². The number of hydrogen-bond donors (Lipinski definition) is 1. The summed E-state index contributed by atoms with van der Waals surface area (Å²) in [5.74, 6) is 0.705. The molecule has 0 bridgehead atoms. The molecule has 0 aromatic rings. The highest BCUT2D eigenvalue weighted by Gasteiger charge is 2.20. The van der Waals surface area contributed by atoms with Crippen molar-refractivity contribution in [1.29, 1.82) is 0 Å². The molecule has 2 unspecified atom stereocenters. The largest absolute Gasteiger partial charge is 0.325 e. The minimum atomic E-state index is 0.0239. The van der Waals surface area contributed by atoms with E-state index in [2.05, 4.69) is 6.92 Å². The number of Topliss-reactive ketones (excluding diaryl/α,β-unsaturated/α-hetero) is 1. The Morgan fingerprint density at radius 2 is 1.56 bits per heavy atom. The Balaban J connectivity index is 2.45. The molecule has 0 saturated heterocycles. The van der Waals surface area contributed by atoms with Gasteiger partial charge < -0.3 is 5.73 Å². The zero-order valence-electron chi connectivity index (χ0n) is 10.9. The van der Waals surface area contributed by atoms with Crippen molar-refractivity contribution in [2.45, 2.75) is 77.2 Å². The van der Waals surface area contributed by atoms with E-state index in [1.807, 2.05) is 0 Å². The average Bonchev–Trinajstić information content (AvgIpc) is 2.22. The first-order chi connectivity index (χ1) is 7.51. The quantitative estimate of drug-likeness (QED) is 0.743. The van der Waals surface area contributed by atoms with E-state index < -0.39 is 0 Å². The van der Waals surface area contributed by atoms with Crippen LogP contribution in [-0.2, 0) is 4.79 Å². The summed E-state index contributed by atoms with van der Waals surface area (Å²) >= 11 is 0. The fourth-order valence-electron chi connectivity index (χ4n) is 2.69. The second-order valence-corrected chi connectivity index (χ2v) is 5.81. The van der Waals surface area contributed by atoms with Crippen LogP contribution in [-0.4, -0.2) is 11.3 Å². The van der Waals surface area contributed by atoms with E-state index in [1.54, 1.807) is 6.92 Å². The number of ketones is 1. The van der Waals surface area contributed by atoms with Crippen LogP contribution < -0.4 is 5.73 Å². The third kappa shape index (κ3) is 5.11. The molecular weight excluding hydrogens is 198 g/mol. The molecular formula is C14H27NO. The van der Waals surface area contributed by atoms with Crippen LogP contribution in [0.5, 0.6) is 0 Å². The summed E-state index contributed by atoms with van der Waals surface area (Å²) in [7, 11) is 0. The molecule has 2 nitrogen and oxygen atoms in total. The molecule has 0 heterocycles. The minimum Gasteiger partial charge on any atom is -0.325 e. The fraction of sp³-hybridized carbons (Fsp3) is 0.929. The molecule has 1 saturated carbocycles. The van der Waals surface area contributed by atoms with Crippen molar-refractivity contribution in [3.8, 4) is 0 Å². The Bertz CT molecular complexity index is 223. The summed E-state index contributed by atoms with van der Waals surface area (Å²) in [6, 6.07) is 0. The number of carbonyl (C=O) groups is 1. The molecule has 0 radical (unpaired) electrons. The van der Waals surface area contributed by atoms with Crippen LogP contribution in [0.2, 0.25) is 0 Å². The lowest BCUT2D eigenvalue weighted by Gasteiger charge is -2.24. The van der Waals surface area contributed by atoms with Crippen molar-refractivity contribution < 1.29 is 4.79 Å². The first kappa shape index (κ1) is 13.7. The van der Waals surface area contributed by atoms with Gasteiger partial charge >= 0.3 is 0 Å². The maximum atomic E-state index is 11.5. The van der Waals surface area contributed by atoms with Gasteiger partial charge in [-0.3, -0.25) is 4.79 Å². The van der Waals surface area contributed by atoms with Crippen molar-refractivity contribution in [2.75, 3.05) is 0 Å². The van der Waals surface area contributed by atoms with Crippen LogP contribution in [0.3, 0.4) is 0 Å². The first-order valence-corrected chi connectivity index (χ1v) is 6.81. The standard InChI is InChI=1S/C14H27NO/c1-12(16)13-8-4-3-6-10-14(2,15)11-7-5-9-13/h13H,3-11,15H2,1-2H3. The van der Waals surface area contributed by atoms with E-state index in [0.29, 0.717) is 11.7 Å². The Labute approximate surface area is 100.0 Å². The predicted molar refractivity (Wildman–Crippen MR) is 68.3 cm³/mol. The van der Waals surface area contributed by atoms with E-state index in [9.17, 15) is 4.79 Å². The zero-order valence-corrected chi connectivity index (χ0v) is 10.9. The Kier molecular flexibility index (Phi) is 5.47. The van der Waals surface area contributed by atoms with Crippen LogP contribution in [0, 0.1) is 5.92 Å². The Morgan fingerprint density at radius 1 is 1.06 bits per heavy atom. The van der Waals surface area contributed by atoms with E-state index in [-0.39, 0.29) is 5.54 Å². The van der Waals surface area contributed by atoms with E-state index in [0.717, 1.165) is 32.1 Å². The van der Waals surface area contributed by atoms with Crippen molar-refractivity contribution in [3.63, 3.8) is 0 Å².